The maximum atomic E-state index is 12.9. The molecule has 0 radical (unpaired) electrons. The fourth-order valence-corrected chi connectivity index (χ4v) is 4.39. The SMILES string of the molecule is O=C(CCC(=O)c1ccc(F)cc1)N[C@H]1CCCN(C2CCCCCC2)C1. The fourth-order valence-electron chi connectivity index (χ4n) is 4.39. The second-order valence-corrected chi connectivity index (χ2v) is 7.98. The van der Waals surface area contributed by atoms with E-state index in [2.05, 4.69) is 10.2 Å². The average Bonchev–Trinajstić information content (AvgIpc) is 2.96. The summed E-state index contributed by atoms with van der Waals surface area (Å²) in [7, 11) is 0. The van der Waals surface area contributed by atoms with Crippen LogP contribution in [0.5, 0.6) is 0 Å². The molecule has 1 atom stereocenters. The molecule has 1 saturated heterocycles. The van der Waals surface area contributed by atoms with Crippen molar-refractivity contribution in [3.8, 4) is 0 Å². The van der Waals surface area contributed by atoms with Crippen molar-refractivity contribution in [2.75, 3.05) is 13.1 Å². The van der Waals surface area contributed by atoms with Crippen LogP contribution in [0.3, 0.4) is 0 Å². The molecule has 5 heteroatoms. The molecule has 2 aliphatic rings. The van der Waals surface area contributed by atoms with Gasteiger partial charge in [0.2, 0.25) is 5.91 Å². The van der Waals surface area contributed by atoms with Crippen molar-refractivity contribution in [3.05, 3.63) is 35.6 Å². The van der Waals surface area contributed by atoms with Crippen molar-refractivity contribution in [1.29, 1.82) is 0 Å². The maximum absolute atomic E-state index is 12.9. The lowest BCUT2D eigenvalue weighted by molar-refractivity contribution is -0.122. The Morgan fingerprint density at radius 1 is 0.963 bits per heavy atom. The Hall–Kier alpha value is -1.75. The molecule has 0 aromatic heterocycles. The molecule has 1 aromatic carbocycles. The van der Waals surface area contributed by atoms with Gasteiger partial charge >= 0.3 is 0 Å². The molecule has 1 amide bonds. The normalized spacial score (nSPS) is 22.2. The molecule has 1 aliphatic heterocycles. The number of rotatable bonds is 6. The summed E-state index contributed by atoms with van der Waals surface area (Å²) in [6.07, 6.45) is 10.4. The van der Waals surface area contributed by atoms with E-state index in [0.717, 1.165) is 25.9 Å². The Morgan fingerprint density at radius 3 is 2.37 bits per heavy atom. The van der Waals surface area contributed by atoms with E-state index in [1.807, 2.05) is 0 Å². The van der Waals surface area contributed by atoms with Crippen LogP contribution < -0.4 is 5.32 Å². The van der Waals surface area contributed by atoms with Gasteiger partial charge in [-0.1, -0.05) is 25.7 Å². The molecule has 1 N–H and O–H groups in total. The van der Waals surface area contributed by atoms with Gasteiger partial charge in [-0.25, -0.2) is 4.39 Å². The topological polar surface area (TPSA) is 49.4 Å². The molecule has 0 spiro atoms. The highest BCUT2D eigenvalue weighted by molar-refractivity contribution is 5.97. The quantitative estimate of drug-likeness (QED) is 0.603. The summed E-state index contributed by atoms with van der Waals surface area (Å²) in [5, 5.41) is 3.13. The van der Waals surface area contributed by atoms with Gasteiger partial charge in [-0.15, -0.1) is 0 Å². The number of likely N-dealkylation sites (tertiary alicyclic amines) is 1. The van der Waals surface area contributed by atoms with Crippen molar-refractivity contribution < 1.29 is 14.0 Å². The summed E-state index contributed by atoms with van der Waals surface area (Å²) >= 11 is 0. The number of nitrogens with one attached hydrogen (secondary N) is 1. The van der Waals surface area contributed by atoms with Crippen LogP contribution in [0.2, 0.25) is 0 Å². The fraction of sp³-hybridized carbons (Fsp3) is 0.636. The molecule has 148 valence electrons. The summed E-state index contributed by atoms with van der Waals surface area (Å²) < 4.78 is 12.9. The molecular formula is C22H31FN2O2. The molecule has 0 unspecified atom stereocenters. The third-order valence-electron chi connectivity index (χ3n) is 5.90. The van der Waals surface area contributed by atoms with Crippen LogP contribution in [0.4, 0.5) is 4.39 Å². The lowest BCUT2D eigenvalue weighted by Crippen LogP contribution is -2.50. The van der Waals surface area contributed by atoms with Crippen molar-refractivity contribution >= 4 is 11.7 Å². The number of halogens is 1. The van der Waals surface area contributed by atoms with E-state index in [-0.39, 0.29) is 36.4 Å². The van der Waals surface area contributed by atoms with E-state index in [0.29, 0.717) is 11.6 Å². The van der Waals surface area contributed by atoms with E-state index in [4.69, 9.17) is 0 Å². The minimum absolute atomic E-state index is 0.0572. The third kappa shape index (κ3) is 6.13. The molecule has 1 heterocycles. The molecule has 1 saturated carbocycles. The molecular weight excluding hydrogens is 343 g/mol. The predicted octanol–water partition coefficient (Wildman–Crippen LogP) is 4.09. The van der Waals surface area contributed by atoms with Gasteiger partial charge < -0.3 is 5.32 Å². The smallest absolute Gasteiger partial charge is 0.220 e. The number of carbonyl (C=O) groups is 2. The molecule has 2 fully saturated rings. The van der Waals surface area contributed by atoms with Crippen molar-refractivity contribution in [2.24, 2.45) is 0 Å². The van der Waals surface area contributed by atoms with Gasteiger partial charge in [0.1, 0.15) is 5.82 Å². The second-order valence-electron chi connectivity index (χ2n) is 7.98. The van der Waals surface area contributed by atoms with E-state index in [1.54, 1.807) is 0 Å². The van der Waals surface area contributed by atoms with Crippen LogP contribution in [0, 0.1) is 5.82 Å². The summed E-state index contributed by atoms with van der Waals surface area (Å²) in [4.78, 5) is 27.0. The van der Waals surface area contributed by atoms with Crippen LogP contribution in [-0.2, 0) is 4.79 Å². The zero-order valence-corrected chi connectivity index (χ0v) is 16.1. The number of hydrogen-bond donors (Lipinski definition) is 1. The number of nitrogens with zero attached hydrogens (tertiary/aromatic N) is 1. The molecule has 3 rings (SSSR count). The summed E-state index contributed by atoms with van der Waals surface area (Å²) in [5.41, 5.74) is 0.460. The van der Waals surface area contributed by atoms with Gasteiger partial charge in [-0.3, -0.25) is 14.5 Å². The zero-order valence-electron chi connectivity index (χ0n) is 16.1. The largest absolute Gasteiger partial charge is 0.352 e. The minimum atomic E-state index is -0.361. The maximum Gasteiger partial charge on any atom is 0.220 e. The zero-order chi connectivity index (χ0) is 19.1. The Kier molecular flexibility index (Phi) is 7.39. The monoisotopic (exact) mass is 374 g/mol. The van der Waals surface area contributed by atoms with E-state index in [1.165, 1.54) is 62.8 Å². The number of amides is 1. The lowest BCUT2D eigenvalue weighted by Gasteiger charge is -2.38. The van der Waals surface area contributed by atoms with Gasteiger partial charge in [-0.05, 0) is 56.5 Å². The molecule has 27 heavy (non-hydrogen) atoms. The molecule has 1 aliphatic carbocycles. The highest BCUT2D eigenvalue weighted by Gasteiger charge is 2.27. The first-order valence-corrected chi connectivity index (χ1v) is 10.4. The number of hydrogen-bond acceptors (Lipinski definition) is 3. The molecule has 4 nitrogen and oxygen atoms in total. The van der Waals surface area contributed by atoms with Crippen LogP contribution >= 0.6 is 0 Å². The Balaban J connectivity index is 1.43. The Morgan fingerprint density at radius 2 is 1.67 bits per heavy atom. The highest BCUT2D eigenvalue weighted by atomic mass is 19.1. The first-order chi connectivity index (χ1) is 13.1. The van der Waals surface area contributed by atoms with Crippen molar-refractivity contribution in [2.45, 2.75) is 76.3 Å². The Bertz CT molecular complexity index is 624. The summed E-state index contributed by atoms with van der Waals surface area (Å²) in [5.74, 6) is -0.535. The van der Waals surface area contributed by atoms with Crippen LogP contribution in [0.1, 0.15) is 74.6 Å². The standard InChI is InChI=1S/C22H31FN2O2/c23-18-11-9-17(10-12-18)21(26)13-14-22(27)24-19-6-5-15-25(16-19)20-7-3-1-2-4-8-20/h9-12,19-20H,1-8,13-16H2,(H,24,27)/t19-/m0/s1. The van der Waals surface area contributed by atoms with Crippen LogP contribution in [0.15, 0.2) is 24.3 Å². The third-order valence-corrected chi connectivity index (χ3v) is 5.90. The van der Waals surface area contributed by atoms with Crippen molar-refractivity contribution in [1.82, 2.24) is 10.2 Å². The van der Waals surface area contributed by atoms with Crippen LogP contribution in [0.25, 0.3) is 0 Å². The molecule has 0 bridgehead atoms. The van der Waals surface area contributed by atoms with Gasteiger partial charge in [-0.2, -0.15) is 0 Å². The lowest BCUT2D eigenvalue weighted by atomic mass is 9.99. The van der Waals surface area contributed by atoms with Crippen molar-refractivity contribution in [3.63, 3.8) is 0 Å². The highest BCUT2D eigenvalue weighted by Crippen LogP contribution is 2.24. The average molecular weight is 375 g/mol. The summed E-state index contributed by atoms with van der Waals surface area (Å²) in [6.45, 7) is 2.07. The predicted molar refractivity (Wildman–Crippen MR) is 104 cm³/mol. The number of carbonyl (C=O) groups excluding carboxylic acids is 2. The van der Waals surface area contributed by atoms with E-state index >= 15 is 0 Å². The molecule has 1 aromatic rings. The first kappa shape index (κ1) is 20.0. The van der Waals surface area contributed by atoms with E-state index in [9.17, 15) is 14.0 Å². The summed E-state index contributed by atoms with van der Waals surface area (Å²) in [6, 6.07) is 6.36. The number of ketones is 1. The Labute approximate surface area is 161 Å². The van der Waals surface area contributed by atoms with Gasteiger partial charge in [0, 0.05) is 37.0 Å². The van der Waals surface area contributed by atoms with Gasteiger partial charge in [0.25, 0.3) is 0 Å². The minimum Gasteiger partial charge on any atom is -0.352 e. The number of piperidine rings is 1. The number of benzene rings is 1. The van der Waals surface area contributed by atoms with Gasteiger partial charge in [0.05, 0.1) is 0 Å². The van der Waals surface area contributed by atoms with Crippen LogP contribution in [-0.4, -0.2) is 41.8 Å². The van der Waals surface area contributed by atoms with E-state index < -0.39 is 0 Å². The number of Topliss-reactive ketones (excluding diaryl/α,β-unsaturated/α-hetero) is 1. The van der Waals surface area contributed by atoms with Gasteiger partial charge in [0.15, 0.2) is 5.78 Å². The second kappa shape index (κ2) is 9.98. The first-order valence-electron chi connectivity index (χ1n) is 10.4.